The van der Waals surface area contributed by atoms with Crippen LogP contribution in [0.1, 0.15) is 30.9 Å². The highest BCUT2D eigenvalue weighted by Gasteiger charge is 2.24. The van der Waals surface area contributed by atoms with E-state index in [9.17, 15) is 4.79 Å². The van der Waals surface area contributed by atoms with Crippen LogP contribution in [0.25, 0.3) is 0 Å². The van der Waals surface area contributed by atoms with E-state index in [0.717, 1.165) is 31.2 Å². The Morgan fingerprint density at radius 3 is 3.00 bits per heavy atom. The second kappa shape index (κ2) is 3.92. The van der Waals surface area contributed by atoms with Crippen molar-refractivity contribution in [2.24, 2.45) is 5.73 Å². The first-order valence-corrected chi connectivity index (χ1v) is 5.08. The van der Waals surface area contributed by atoms with Gasteiger partial charge in [-0.1, -0.05) is 0 Å². The van der Waals surface area contributed by atoms with Gasteiger partial charge in [0.2, 0.25) is 0 Å². The summed E-state index contributed by atoms with van der Waals surface area (Å²) in [5, 5.41) is 0. The largest absolute Gasteiger partial charge is 0.330 e. The standard InChI is InChI=1S/C10H15N3O/c11-5-1-2-8-6-12-7-13(10(8)14)9-3-4-9/h6-7,9H,1-5,11H2. The first-order valence-electron chi connectivity index (χ1n) is 5.08. The van der Waals surface area contributed by atoms with Crippen molar-refractivity contribution in [3.05, 3.63) is 28.4 Å². The minimum atomic E-state index is 0.121. The minimum absolute atomic E-state index is 0.121. The lowest BCUT2D eigenvalue weighted by atomic mass is 10.2. The summed E-state index contributed by atoms with van der Waals surface area (Å²) in [6.45, 7) is 0.623. The molecule has 14 heavy (non-hydrogen) atoms. The van der Waals surface area contributed by atoms with Crippen LogP contribution in [0.15, 0.2) is 17.3 Å². The monoisotopic (exact) mass is 193 g/mol. The van der Waals surface area contributed by atoms with Crippen molar-refractivity contribution in [1.29, 1.82) is 0 Å². The van der Waals surface area contributed by atoms with Crippen LogP contribution < -0.4 is 11.3 Å². The lowest BCUT2D eigenvalue weighted by Gasteiger charge is -2.04. The van der Waals surface area contributed by atoms with Crippen molar-refractivity contribution in [3.8, 4) is 0 Å². The van der Waals surface area contributed by atoms with Gasteiger partial charge < -0.3 is 5.73 Å². The summed E-state index contributed by atoms with van der Waals surface area (Å²) < 4.78 is 1.76. The van der Waals surface area contributed by atoms with Gasteiger partial charge in [0.15, 0.2) is 0 Å². The molecule has 4 heteroatoms. The summed E-state index contributed by atoms with van der Waals surface area (Å²) in [6, 6.07) is 0.410. The molecule has 1 heterocycles. The topological polar surface area (TPSA) is 60.9 Å². The van der Waals surface area contributed by atoms with E-state index in [4.69, 9.17) is 5.73 Å². The third-order valence-corrected chi connectivity index (χ3v) is 2.52. The predicted molar refractivity (Wildman–Crippen MR) is 54.1 cm³/mol. The van der Waals surface area contributed by atoms with Crippen LogP contribution in [-0.2, 0) is 6.42 Å². The van der Waals surface area contributed by atoms with Crippen LogP contribution in [0.2, 0.25) is 0 Å². The zero-order valence-corrected chi connectivity index (χ0v) is 8.15. The Bertz CT molecular complexity index is 368. The highest BCUT2D eigenvalue weighted by Crippen LogP contribution is 2.32. The van der Waals surface area contributed by atoms with Crippen LogP contribution >= 0.6 is 0 Å². The molecule has 1 fully saturated rings. The SMILES string of the molecule is NCCCc1cncn(C2CC2)c1=O. The van der Waals surface area contributed by atoms with Gasteiger partial charge in [-0.25, -0.2) is 4.98 Å². The zero-order chi connectivity index (χ0) is 9.97. The highest BCUT2D eigenvalue weighted by atomic mass is 16.1. The van der Waals surface area contributed by atoms with Crippen molar-refractivity contribution >= 4 is 0 Å². The summed E-state index contributed by atoms with van der Waals surface area (Å²) in [5.74, 6) is 0. The molecule has 4 nitrogen and oxygen atoms in total. The molecule has 2 N–H and O–H groups in total. The Hall–Kier alpha value is -1.16. The van der Waals surface area contributed by atoms with Crippen LogP contribution in [0.5, 0.6) is 0 Å². The normalized spacial score (nSPS) is 15.8. The van der Waals surface area contributed by atoms with Gasteiger partial charge in [-0.05, 0) is 32.2 Å². The van der Waals surface area contributed by atoms with Gasteiger partial charge in [-0.3, -0.25) is 9.36 Å². The second-order valence-electron chi connectivity index (χ2n) is 3.75. The molecule has 0 unspecified atom stereocenters. The molecule has 0 radical (unpaired) electrons. The predicted octanol–water partition coefficient (Wildman–Crippen LogP) is 0.469. The lowest BCUT2D eigenvalue weighted by molar-refractivity contribution is 0.668. The first kappa shape index (κ1) is 9.40. The van der Waals surface area contributed by atoms with E-state index in [1.165, 1.54) is 0 Å². The van der Waals surface area contributed by atoms with Gasteiger partial charge in [0.1, 0.15) is 0 Å². The summed E-state index contributed by atoms with van der Waals surface area (Å²) in [7, 11) is 0. The van der Waals surface area contributed by atoms with Gasteiger partial charge in [0.25, 0.3) is 5.56 Å². The van der Waals surface area contributed by atoms with Gasteiger partial charge in [0.05, 0.1) is 6.33 Å². The number of rotatable bonds is 4. The van der Waals surface area contributed by atoms with Crippen molar-refractivity contribution < 1.29 is 0 Å². The maximum absolute atomic E-state index is 11.8. The Morgan fingerprint density at radius 1 is 1.57 bits per heavy atom. The molecule has 1 saturated carbocycles. The fourth-order valence-electron chi connectivity index (χ4n) is 1.55. The second-order valence-corrected chi connectivity index (χ2v) is 3.75. The Morgan fingerprint density at radius 2 is 2.36 bits per heavy atom. The number of hydrogen-bond acceptors (Lipinski definition) is 3. The number of aromatic nitrogens is 2. The highest BCUT2D eigenvalue weighted by molar-refractivity contribution is 5.06. The Labute approximate surface area is 82.8 Å². The van der Waals surface area contributed by atoms with Crippen molar-refractivity contribution in [1.82, 2.24) is 9.55 Å². The molecule has 1 aliphatic rings. The molecule has 0 aromatic carbocycles. The molecule has 2 rings (SSSR count). The van der Waals surface area contributed by atoms with Gasteiger partial charge >= 0.3 is 0 Å². The van der Waals surface area contributed by atoms with Crippen molar-refractivity contribution in [2.45, 2.75) is 31.7 Å². The molecule has 1 aliphatic carbocycles. The molecule has 0 saturated heterocycles. The van der Waals surface area contributed by atoms with E-state index < -0.39 is 0 Å². The smallest absolute Gasteiger partial charge is 0.256 e. The molecular weight excluding hydrogens is 178 g/mol. The van der Waals surface area contributed by atoms with E-state index in [1.54, 1.807) is 17.1 Å². The maximum atomic E-state index is 11.8. The van der Waals surface area contributed by atoms with E-state index in [2.05, 4.69) is 4.98 Å². The first-order chi connectivity index (χ1) is 6.83. The number of nitrogens with zero attached hydrogens (tertiary/aromatic N) is 2. The molecule has 0 atom stereocenters. The summed E-state index contributed by atoms with van der Waals surface area (Å²) in [5.41, 5.74) is 6.32. The number of hydrogen-bond donors (Lipinski definition) is 1. The van der Waals surface area contributed by atoms with Crippen LogP contribution in [0.4, 0.5) is 0 Å². The zero-order valence-electron chi connectivity index (χ0n) is 8.15. The van der Waals surface area contributed by atoms with Crippen LogP contribution in [0, 0.1) is 0 Å². The Balaban J connectivity index is 2.22. The summed E-state index contributed by atoms with van der Waals surface area (Å²) >= 11 is 0. The lowest BCUT2D eigenvalue weighted by Crippen LogP contribution is -2.23. The minimum Gasteiger partial charge on any atom is -0.330 e. The molecule has 0 spiro atoms. The van der Waals surface area contributed by atoms with Gasteiger partial charge in [-0.15, -0.1) is 0 Å². The van der Waals surface area contributed by atoms with Gasteiger partial charge in [0, 0.05) is 17.8 Å². The molecule has 0 bridgehead atoms. The maximum Gasteiger partial charge on any atom is 0.256 e. The number of aryl methyl sites for hydroxylation is 1. The summed E-state index contributed by atoms with van der Waals surface area (Å²) in [4.78, 5) is 15.9. The van der Waals surface area contributed by atoms with E-state index in [1.807, 2.05) is 0 Å². The molecule has 1 aromatic heterocycles. The third-order valence-electron chi connectivity index (χ3n) is 2.52. The molecular formula is C10H15N3O. The third kappa shape index (κ3) is 1.85. The number of nitrogens with two attached hydrogens (primary N) is 1. The average molecular weight is 193 g/mol. The summed E-state index contributed by atoms with van der Waals surface area (Å²) in [6.07, 6.45) is 7.13. The molecule has 0 amide bonds. The van der Waals surface area contributed by atoms with Crippen LogP contribution in [0.3, 0.4) is 0 Å². The van der Waals surface area contributed by atoms with Crippen LogP contribution in [-0.4, -0.2) is 16.1 Å². The molecule has 1 aromatic rings. The fraction of sp³-hybridized carbons (Fsp3) is 0.600. The van der Waals surface area contributed by atoms with Crippen molar-refractivity contribution in [3.63, 3.8) is 0 Å². The average Bonchev–Trinajstić information content (AvgIpc) is 3.00. The van der Waals surface area contributed by atoms with E-state index >= 15 is 0 Å². The molecule has 76 valence electrons. The van der Waals surface area contributed by atoms with E-state index in [0.29, 0.717) is 12.6 Å². The van der Waals surface area contributed by atoms with Crippen molar-refractivity contribution in [2.75, 3.05) is 6.54 Å². The Kier molecular flexibility index (Phi) is 2.63. The van der Waals surface area contributed by atoms with Gasteiger partial charge in [-0.2, -0.15) is 0 Å². The fourth-order valence-corrected chi connectivity index (χ4v) is 1.55. The van der Waals surface area contributed by atoms with E-state index in [-0.39, 0.29) is 5.56 Å². The quantitative estimate of drug-likeness (QED) is 0.756. The molecule has 0 aliphatic heterocycles.